The van der Waals surface area contributed by atoms with Crippen molar-refractivity contribution in [1.82, 2.24) is 9.29 Å². The van der Waals surface area contributed by atoms with Crippen molar-refractivity contribution in [3.05, 3.63) is 90.6 Å². The maximum atomic E-state index is 15.0. The molecule has 4 aromatic rings. The standard InChI is InChI=1S/C28H30FN3O4S/c1-35-15-12-26(27-8-5-14-36-27)31-25-9-10-28(22-11-13-30-17-23(22)25)37(33,34)32-18-21(24(29)19-32)16-20-6-3-2-4-7-20/h2-11,13-14,17,21,24,26,31H,12,15-16,18-19H2,1H3/t21-,24+,26?/m0/s1. The number of sulfonamides is 1. The smallest absolute Gasteiger partial charge is 0.243 e. The highest BCUT2D eigenvalue weighted by molar-refractivity contribution is 7.89. The normalized spacial score (nSPS) is 19.3. The Morgan fingerprint density at radius 1 is 1.11 bits per heavy atom. The van der Waals surface area contributed by atoms with Crippen molar-refractivity contribution >= 4 is 26.5 Å². The number of ether oxygens (including phenoxy) is 1. The fourth-order valence-electron chi connectivity index (χ4n) is 4.95. The number of hydrogen-bond donors (Lipinski definition) is 1. The largest absolute Gasteiger partial charge is 0.467 e. The monoisotopic (exact) mass is 523 g/mol. The van der Waals surface area contributed by atoms with Crippen molar-refractivity contribution in [3.63, 3.8) is 0 Å². The highest BCUT2D eigenvalue weighted by Crippen LogP contribution is 2.36. The van der Waals surface area contributed by atoms with E-state index >= 15 is 0 Å². The van der Waals surface area contributed by atoms with E-state index in [2.05, 4.69) is 10.3 Å². The second-order valence-corrected chi connectivity index (χ2v) is 11.2. The molecule has 9 heteroatoms. The van der Waals surface area contributed by atoms with Gasteiger partial charge in [0.2, 0.25) is 10.0 Å². The minimum atomic E-state index is -3.93. The van der Waals surface area contributed by atoms with E-state index in [0.717, 1.165) is 17.0 Å². The Morgan fingerprint density at radius 2 is 1.95 bits per heavy atom. The minimum absolute atomic E-state index is 0.141. The van der Waals surface area contributed by atoms with Gasteiger partial charge in [0.15, 0.2) is 0 Å². The third-order valence-electron chi connectivity index (χ3n) is 6.89. The topological polar surface area (TPSA) is 84.7 Å². The van der Waals surface area contributed by atoms with Crippen LogP contribution in [0.25, 0.3) is 10.8 Å². The fourth-order valence-corrected chi connectivity index (χ4v) is 6.65. The number of methoxy groups -OCH3 is 1. The van der Waals surface area contributed by atoms with E-state index in [1.54, 1.807) is 44.0 Å². The van der Waals surface area contributed by atoms with Gasteiger partial charge in [0.25, 0.3) is 0 Å². The molecule has 1 aliphatic rings. The molecular formula is C28H30FN3O4S. The molecule has 1 fully saturated rings. The van der Waals surface area contributed by atoms with Crippen molar-refractivity contribution in [2.24, 2.45) is 5.92 Å². The molecule has 7 nitrogen and oxygen atoms in total. The Bertz CT molecular complexity index is 1430. The van der Waals surface area contributed by atoms with Crippen molar-refractivity contribution < 1.29 is 22.0 Å². The maximum Gasteiger partial charge on any atom is 0.243 e. The van der Waals surface area contributed by atoms with Crippen molar-refractivity contribution in [1.29, 1.82) is 0 Å². The first-order chi connectivity index (χ1) is 18.0. The van der Waals surface area contributed by atoms with Gasteiger partial charge < -0.3 is 14.5 Å². The number of furan rings is 1. The number of halogens is 1. The lowest BCUT2D eigenvalue weighted by Gasteiger charge is -2.21. The van der Waals surface area contributed by atoms with E-state index < -0.39 is 16.2 Å². The molecule has 2 aromatic carbocycles. The van der Waals surface area contributed by atoms with Crippen LogP contribution in [0.2, 0.25) is 0 Å². The lowest BCUT2D eigenvalue weighted by Crippen LogP contribution is -2.29. The molecule has 0 radical (unpaired) electrons. The van der Waals surface area contributed by atoms with E-state index in [1.165, 1.54) is 4.31 Å². The molecule has 0 spiro atoms. The molecule has 0 amide bonds. The number of rotatable bonds is 10. The number of benzene rings is 2. The predicted octanol–water partition coefficient (Wildman–Crippen LogP) is 5.22. The molecule has 2 aromatic heterocycles. The average molecular weight is 524 g/mol. The van der Waals surface area contributed by atoms with Gasteiger partial charge in [-0.1, -0.05) is 30.3 Å². The van der Waals surface area contributed by atoms with Crippen LogP contribution in [0, 0.1) is 5.92 Å². The van der Waals surface area contributed by atoms with Crippen LogP contribution >= 0.6 is 0 Å². The highest BCUT2D eigenvalue weighted by Gasteiger charge is 2.40. The number of alkyl halides is 1. The summed E-state index contributed by atoms with van der Waals surface area (Å²) in [5.41, 5.74) is 1.73. The number of hydrogen-bond acceptors (Lipinski definition) is 6. The van der Waals surface area contributed by atoms with E-state index in [0.29, 0.717) is 30.2 Å². The summed E-state index contributed by atoms with van der Waals surface area (Å²) in [5, 5.41) is 4.66. The van der Waals surface area contributed by atoms with Crippen molar-refractivity contribution in [2.75, 3.05) is 32.1 Å². The van der Waals surface area contributed by atoms with Gasteiger partial charge >= 0.3 is 0 Å². The maximum absolute atomic E-state index is 15.0. The summed E-state index contributed by atoms with van der Waals surface area (Å²) in [7, 11) is -2.28. The molecule has 0 bridgehead atoms. The molecule has 1 aliphatic heterocycles. The Balaban J connectivity index is 1.43. The second-order valence-electron chi connectivity index (χ2n) is 9.31. The molecular weight excluding hydrogens is 493 g/mol. The summed E-state index contributed by atoms with van der Waals surface area (Å²) < 4.78 is 54.6. The Hall–Kier alpha value is -3.27. The van der Waals surface area contributed by atoms with Crippen LogP contribution in [-0.2, 0) is 21.2 Å². The Labute approximate surface area is 216 Å². The molecule has 37 heavy (non-hydrogen) atoms. The van der Waals surface area contributed by atoms with E-state index in [9.17, 15) is 12.8 Å². The minimum Gasteiger partial charge on any atom is -0.467 e. The van der Waals surface area contributed by atoms with E-state index in [1.807, 2.05) is 42.5 Å². The van der Waals surface area contributed by atoms with Gasteiger partial charge in [-0.25, -0.2) is 12.8 Å². The van der Waals surface area contributed by atoms with Gasteiger partial charge in [-0.2, -0.15) is 4.31 Å². The first kappa shape index (κ1) is 25.4. The number of aromatic nitrogens is 1. The molecule has 0 aliphatic carbocycles. The molecule has 1 saturated heterocycles. The van der Waals surface area contributed by atoms with Gasteiger partial charge in [-0.3, -0.25) is 4.98 Å². The van der Waals surface area contributed by atoms with Crippen LogP contribution in [0.15, 0.2) is 88.6 Å². The summed E-state index contributed by atoms with van der Waals surface area (Å²) in [4.78, 5) is 4.39. The van der Waals surface area contributed by atoms with Gasteiger partial charge in [-0.15, -0.1) is 0 Å². The number of anilines is 1. The summed E-state index contributed by atoms with van der Waals surface area (Å²) in [5.74, 6) is 0.363. The van der Waals surface area contributed by atoms with Gasteiger partial charge in [0, 0.05) is 61.6 Å². The van der Waals surface area contributed by atoms with Gasteiger partial charge in [0.1, 0.15) is 11.9 Å². The lowest BCUT2D eigenvalue weighted by molar-refractivity contribution is 0.187. The third kappa shape index (κ3) is 5.39. The molecule has 1 N–H and O–H groups in total. The van der Waals surface area contributed by atoms with Crippen molar-refractivity contribution in [2.45, 2.75) is 30.0 Å². The number of pyridine rings is 1. The van der Waals surface area contributed by atoms with Gasteiger partial charge in [-0.05, 0) is 48.7 Å². The SMILES string of the molecule is COCCC(Nc1ccc(S(=O)(=O)N2C[C@H](Cc3ccccc3)[C@H](F)C2)c2ccncc12)c1ccco1. The molecule has 3 atom stereocenters. The number of fused-ring (bicyclic) bond motifs is 1. The third-order valence-corrected chi connectivity index (χ3v) is 8.78. The Morgan fingerprint density at radius 3 is 2.70 bits per heavy atom. The van der Waals surface area contributed by atoms with E-state index in [4.69, 9.17) is 9.15 Å². The quantitative estimate of drug-likeness (QED) is 0.307. The van der Waals surface area contributed by atoms with Crippen LogP contribution in [0.1, 0.15) is 23.8 Å². The zero-order chi connectivity index (χ0) is 25.8. The molecule has 0 saturated carbocycles. The van der Waals surface area contributed by atoms with Gasteiger partial charge in [0.05, 0.1) is 17.2 Å². The summed E-state index contributed by atoms with van der Waals surface area (Å²) in [6.45, 7) is 0.511. The lowest BCUT2D eigenvalue weighted by atomic mass is 9.98. The molecule has 194 valence electrons. The molecule has 3 heterocycles. The molecule has 1 unspecified atom stereocenters. The number of nitrogens with one attached hydrogen (secondary N) is 1. The van der Waals surface area contributed by atoms with Crippen molar-refractivity contribution in [3.8, 4) is 0 Å². The summed E-state index contributed by atoms with van der Waals surface area (Å²) >= 11 is 0. The first-order valence-electron chi connectivity index (χ1n) is 12.3. The fraction of sp³-hybridized carbons (Fsp3) is 0.321. The van der Waals surface area contributed by atoms with Crippen LogP contribution in [0.3, 0.4) is 0 Å². The number of nitrogens with zero attached hydrogens (tertiary/aromatic N) is 2. The summed E-state index contributed by atoms with van der Waals surface area (Å²) in [6.07, 6.45) is 4.76. The van der Waals surface area contributed by atoms with Crippen LogP contribution in [-0.4, -0.2) is 50.7 Å². The first-order valence-corrected chi connectivity index (χ1v) is 13.7. The Kier molecular flexibility index (Phi) is 7.55. The molecule has 5 rings (SSSR count). The average Bonchev–Trinajstić information content (AvgIpc) is 3.58. The van der Waals surface area contributed by atoms with E-state index in [-0.39, 0.29) is 29.9 Å². The highest BCUT2D eigenvalue weighted by atomic mass is 32.2. The summed E-state index contributed by atoms with van der Waals surface area (Å²) in [6, 6.07) is 18.2. The second kappa shape index (κ2) is 11.0. The van der Waals surface area contributed by atoms with Crippen LogP contribution in [0.5, 0.6) is 0 Å². The van der Waals surface area contributed by atoms with Crippen LogP contribution < -0.4 is 5.32 Å². The van der Waals surface area contributed by atoms with Crippen LogP contribution in [0.4, 0.5) is 10.1 Å². The predicted molar refractivity (Wildman–Crippen MR) is 141 cm³/mol. The zero-order valence-electron chi connectivity index (χ0n) is 20.6. The zero-order valence-corrected chi connectivity index (χ0v) is 21.4.